The van der Waals surface area contributed by atoms with Gasteiger partial charge in [0.05, 0.1) is 12.0 Å². The largest absolute Gasteiger partial charge is 0.351 e. The number of hydrogen-bond acceptors (Lipinski definition) is 2. The molecule has 1 aromatic rings. The first-order chi connectivity index (χ1) is 4.67. The van der Waals surface area contributed by atoms with Crippen molar-refractivity contribution in [2.45, 2.75) is 19.3 Å². The molecule has 3 heteroatoms. The standard InChI is InChI=1S/C7H13N3/c1-7(2,4-8)6-3-9-5-10-6/h3,5H,4,8H2,1-2H3,(H,9,10). The van der Waals surface area contributed by atoms with E-state index < -0.39 is 0 Å². The van der Waals surface area contributed by atoms with Gasteiger partial charge in [0.15, 0.2) is 0 Å². The summed E-state index contributed by atoms with van der Waals surface area (Å²) in [6.07, 6.45) is 3.56. The predicted octanol–water partition coefficient (Wildman–Crippen LogP) is 0.646. The second-order valence-corrected chi connectivity index (χ2v) is 3.04. The summed E-state index contributed by atoms with van der Waals surface area (Å²) in [7, 11) is 0. The lowest BCUT2D eigenvalue weighted by Crippen LogP contribution is -2.28. The maximum absolute atomic E-state index is 5.54. The summed E-state index contributed by atoms with van der Waals surface area (Å²) in [5.74, 6) is 0. The minimum Gasteiger partial charge on any atom is -0.351 e. The van der Waals surface area contributed by atoms with Crippen LogP contribution < -0.4 is 5.73 Å². The number of imidazole rings is 1. The third kappa shape index (κ3) is 1.19. The molecular weight excluding hydrogens is 126 g/mol. The van der Waals surface area contributed by atoms with Crippen LogP contribution in [0.15, 0.2) is 12.5 Å². The smallest absolute Gasteiger partial charge is 0.0923 e. The van der Waals surface area contributed by atoms with E-state index >= 15 is 0 Å². The normalized spacial score (nSPS) is 11.9. The van der Waals surface area contributed by atoms with Gasteiger partial charge in [-0.2, -0.15) is 0 Å². The molecule has 0 atom stereocenters. The SMILES string of the molecule is CC(C)(CN)c1c[nH]cn1. The van der Waals surface area contributed by atoms with Gasteiger partial charge in [0, 0.05) is 18.2 Å². The zero-order chi connectivity index (χ0) is 7.61. The molecule has 56 valence electrons. The van der Waals surface area contributed by atoms with E-state index in [1.165, 1.54) is 0 Å². The Morgan fingerprint density at radius 3 is 2.80 bits per heavy atom. The minimum absolute atomic E-state index is 0.000000000000000222. The van der Waals surface area contributed by atoms with Crippen molar-refractivity contribution < 1.29 is 0 Å². The number of aromatic nitrogens is 2. The van der Waals surface area contributed by atoms with E-state index in [1.807, 2.05) is 6.20 Å². The molecule has 0 aliphatic rings. The van der Waals surface area contributed by atoms with Gasteiger partial charge in [-0.15, -0.1) is 0 Å². The Labute approximate surface area is 60.7 Å². The molecule has 0 bridgehead atoms. The zero-order valence-corrected chi connectivity index (χ0v) is 6.39. The van der Waals surface area contributed by atoms with Crippen LogP contribution in [0.1, 0.15) is 19.5 Å². The number of hydrogen-bond donors (Lipinski definition) is 2. The van der Waals surface area contributed by atoms with Crippen molar-refractivity contribution in [3.8, 4) is 0 Å². The molecule has 1 rings (SSSR count). The molecule has 1 heterocycles. The summed E-state index contributed by atoms with van der Waals surface area (Å²) in [5.41, 5.74) is 6.57. The fraction of sp³-hybridized carbons (Fsp3) is 0.571. The second kappa shape index (κ2) is 2.42. The lowest BCUT2D eigenvalue weighted by Gasteiger charge is -2.18. The Bertz CT molecular complexity index is 189. The number of nitrogens with one attached hydrogen (secondary N) is 1. The van der Waals surface area contributed by atoms with Gasteiger partial charge >= 0.3 is 0 Å². The van der Waals surface area contributed by atoms with Gasteiger partial charge in [0.25, 0.3) is 0 Å². The van der Waals surface area contributed by atoms with Crippen LogP contribution in [-0.2, 0) is 5.41 Å². The Balaban J connectivity index is 2.85. The molecule has 0 fully saturated rings. The molecule has 0 saturated carbocycles. The van der Waals surface area contributed by atoms with Crippen LogP contribution in [0.4, 0.5) is 0 Å². The van der Waals surface area contributed by atoms with Crippen molar-refractivity contribution in [2.24, 2.45) is 5.73 Å². The highest BCUT2D eigenvalue weighted by molar-refractivity contribution is 5.10. The maximum atomic E-state index is 5.54. The highest BCUT2D eigenvalue weighted by Crippen LogP contribution is 2.17. The minimum atomic E-state index is -0.000000000000000222. The first-order valence-corrected chi connectivity index (χ1v) is 3.36. The molecule has 0 spiro atoms. The van der Waals surface area contributed by atoms with Crippen LogP contribution >= 0.6 is 0 Å². The Hall–Kier alpha value is -0.830. The van der Waals surface area contributed by atoms with E-state index in [0.717, 1.165) is 5.69 Å². The lowest BCUT2D eigenvalue weighted by molar-refractivity contribution is 0.524. The molecular formula is C7H13N3. The van der Waals surface area contributed by atoms with Crippen molar-refractivity contribution in [3.63, 3.8) is 0 Å². The number of nitrogens with two attached hydrogens (primary N) is 1. The van der Waals surface area contributed by atoms with Crippen molar-refractivity contribution >= 4 is 0 Å². The fourth-order valence-corrected chi connectivity index (χ4v) is 0.735. The molecule has 0 amide bonds. The molecule has 3 nitrogen and oxygen atoms in total. The number of nitrogens with zero attached hydrogens (tertiary/aromatic N) is 1. The van der Waals surface area contributed by atoms with Gasteiger partial charge in [0.1, 0.15) is 0 Å². The maximum Gasteiger partial charge on any atom is 0.0923 e. The highest BCUT2D eigenvalue weighted by Gasteiger charge is 2.19. The molecule has 1 aromatic heterocycles. The summed E-state index contributed by atoms with van der Waals surface area (Å²) in [5, 5.41) is 0. The molecule has 0 radical (unpaired) electrons. The Morgan fingerprint density at radius 1 is 1.70 bits per heavy atom. The lowest BCUT2D eigenvalue weighted by atomic mass is 9.90. The van der Waals surface area contributed by atoms with E-state index in [0.29, 0.717) is 6.54 Å². The van der Waals surface area contributed by atoms with Gasteiger partial charge < -0.3 is 10.7 Å². The van der Waals surface area contributed by atoms with Crippen molar-refractivity contribution in [2.75, 3.05) is 6.54 Å². The van der Waals surface area contributed by atoms with Crippen molar-refractivity contribution in [3.05, 3.63) is 18.2 Å². The number of aromatic amines is 1. The van der Waals surface area contributed by atoms with E-state index in [1.54, 1.807) is 6.33 Å². The topological polar surface area (TPSA) is 54.7 Å². The van der Waals surface area contributed by atoms with Crippen LogP contribution in [-0.4, -0.2) is 16.5 Å². The molecule has 0 aliphatic carbocycles. The quantitative estimate of drug-likeness (QED) is 0.632. The van der Waals surface area contributed by atoms with Gasteiger partial charge in [-0.1, -0.05) is 13.8 Å². The monoisotopic (exact) mass is 139 g/mol. The summed E-state index contributed by atoms with van der Waals surface area (Å²) in [4.78, 5) is 7.03. The molecule has 0 unspecified atom stereocenters. The number of H-pyrrole nitrogens is 1. The van der Waals surface area contributed by atoms with E-state index in [2.05, 4.69) is 23.8 Å². The average Bonchev–Trinajstić information content (AvgIpc) is 2.38. The summed E-state index contributed by atoms with van der Waals surface area (Å²) in [6.45, 7) is 4.77. The fourth-order valence-electron chi connectivity index (χ4n) is 0.735. The van der Waals surface area contributed by atoms with Crippen LogP contribution in [0, 0.1) is 0 Å². The van der Waals surface area contributed by atoms with Crippen LogP contribution in [0.5, 0.6) is 0 Å². The van der Waals surface area contributed by atoms with Gasteiger partial charge in [-0.25, -0.2) is 4.98 Å². The summed E-state index contributed by atoms with van der Waals surface area (Å²) in [6, 6.07) is 0. The molecule has 0 saturated heterocycles. The Kier molecular flexibility index (Phi) is 1.76. The summed E-state index contributed by atoms with van der Waals surface area (Å²) < 4.78 is 0. The molecule has 3 N–H and O–H groups in total. The van der Waals surface area contributed by atoms with E-state index in [-0.39, 0.29) is 5.41 Å². The Morgan fingerprint density at radius 2 is 2.40 bits per heavy atom. The van der Waals surface area contributed by atoms with Crippen LogP contribution in [0.3, 0.4) is 0 Å². The molecule has 10 heavy (non-hydrogen) atoms. The zero-order valence-electron chi connectivity index (χ0n) is 6.39. The first-order valence-electron chi connectivity index (χ1n) is 3.36. The van der Waals surface area contributed by atoms with Crippen molar-refractivity contribution in [1.29, 1.82) is 0 Å². The first kappa shape index (κ1) is 7.28. The van der Waals surface area contributed by atoms with Gasteiger partial charge in [-0.05, 0) is 0 Å². The number of rotatable bonds is 2. The van der Waals surface area contributed by atoms with Gasteiger partial charge in [0.2, 0.25) is 0 Å². The van der Waals surface area contributed by atoms with Crippen molar-refractivity contribution in [1.82, 2.24) is 9.97 Å². The van der Waals surface area contributed by atoms with Crippen LogP contribution in [0.2, 0.25) is 0 Å². The van der Waals surface area contributed by atoms with Gasteiger partial charge in [-0.3, -0.25) is 0 Å². The summed E-state index contributed by atoms with van der Waals surface area (Å²) >= 11 is 0. The molecule has 0 aliphatic heterocycles. The third-order valence-electron chi connectivity index (χ3n) is 1.70. The van der Waals surface area contributed by atoms with E-state index in [9.17, 15) is 0 Å². The third-order valence-corrected chi connectivity index (χ3v) is 1.70. The average molecular weight is 139 g/mol. The molecule has 0 aromatic carbocycles. The second-order valence-electron chi connectivity index (χ2n) is 3.04. The predicted molar refractivity (Wildman–Crippen MR) is 40.7 cm³/mol. The van der Waals surface area contributed by atoms with E-state index in [4.69, 9.17) is 5.73 Å². The van der Waals surface area contributed by atoms with Crippen LogP contribution in [0.25, 0.3) is 0 Å². The highest BCUT2D eigenvalue weighted by atomic mass is 14.9.